The molecule has 3 heteroatoms. The van der Waals surface area contributed by atoms with Gasteiger partial charge in [-0.25, -0.2) is 4.98 Å². The lowest BCUT2D eigenvalue weighted by Crippen LogP contribution is -1.80. The zero-order valence-electron chi connectivity index (χ0n) is 5.50. The lowest BCUT2D eigenvalue weighted by molar-refractivity contribution is 0.980. The molecule has 2 nitrogen and oxygen atoms in total. The molecule has 1 rings (SSSR count). The summed E-state index contributed by atoms with van der Waals surface area (Å²) in [5.41, 5.74) is 1.10. The molecule has 1 heterocycles. The van der Waals surface area contributed by atoms with Gasteiger partial charge in [0.2, 0.25) is 0 Å². The first-order chi connectivity index (χ1) is 4.43. The average Bonchev–Trinajstić information content (AvgIpc) is 2.34. The molecule has 0 aliphatic heterocycles. The lowest BCUT2D eigenvalue weighted by Gasteiger charge is -1.86. The van der Waals surface area contributed by atoms with Crippen LogP contribution in [0.15, 0.2) is 12.5 Å². The number of aromatic amines is 1. The Morgan fingerprint density at radius 3 is 3.00 bits per heavy atom. The average molecular weight is 157 g/mol. The second-order valence-corrected chi connectivity index (χ2v) is 1.78. The summed E-state index contributed by atoms with van der Waals surface area (Å²) in [5, 5.41) is 0. The van der Waals surface area contributed by atoms with Crippen molar-refractivity contribution in [1.82, 2.24) is 9.97 Å². The normalized spacial score (nSPS) is 7.90. The van der Waals surface area contributed by atoms with Crippen molar-refractivity contribution in [3.05, 3.63) is 18.2 Å². The van der Waals surface area contributed by atoms with E-state index in [9.17, 15) is 0 Å². The maximum Gasteiger partial charge on any atom is 0.0921 e. The highest BCUT2D eigenvalue weighted by molar-refractivity contribution is 5.85. The van der Waals surface area contributed by atoms with Gasteiger partial charge >= 0.3 is 0 Å². The highest BCUT2D eigenvalue weighted by Gasteiger charge is 1.88. The molecule has 0 radical (unpaired) electrons. The summed E-state index contributed by atoms with van der Waals surface area (Å²) in [6, 6.07) is 0. The summed E-state index contributed by atoms with van der Waals surface area (Å²) in [4.78, 5) is 6.82. The van der Waals surface area contributed by atoms with Crippen LogP contribution in [0.2, 0.25) is 0 Å². The fourth-order valence-corrected chi connectivity index (χ4v) is 0.628. The number of imidazole rings is 1. The van der Waals surface area contributed by atoms with E-state index in [0.29, 0.717) is 0 Å². The molecule has 0 saturated heterocycles. The molecule has 1 aromatic heterocycles. The van der Waals surface area contributed by atoms with Crippen molar-refractivity contribution in [2.75, 3.05) is 0 Å². The quantitative estimate of drug-likeness (QED) is 0.645. The smallest absolute Gasteiger partial charge is 0.0921 e. The number of rotatable bonds is 2. The van der Waals surface area contributed by atoms with Crippen molar-refractivity contribution in [3.8, 4) is 12.3 Å². The van der Waals surface area contributed by atoms with Gasteiger partial charge in [-0.05, 0) is 6.42 Å². The molecular weight excluding hydrogens is 148 g/mol. The molecule has 54 valence electrons. The first-order valence-corrected chi connectivity index (χ1v) is 2.84. The van der Waals surface area contributed by atoms with Crippen LogP contribution in [0.5, 0.6) is 0 Å². The van der Waals surface area contributed by atoms with Crippen LogP contribution in [-0.2, 0) is 6.42 Å². The van der Waals surface area contributed by atoms with Crippen LogP contribution in [0.4, 0.5) is 0 Å². The monoisotopic (exact) mass is 156 g/mol. The molecule has 0 aromatic carbocycles. The second-order valence-electron chi connectivity index (χ2n) is 1.78. The molecule has 1 aromatic rings. The Balaban J connectivity index is 0.000000810. The Bertz CT molecular complexity index is 198. The molecule has 0 atom stereocenters. The van der Waals surface area contributed by atoms with E-state index in [1.54, 1.807) is 12.5 Å². The Morgan fingerprint density at radius 2 is 2.50 bits per heavy atom. The van der Waals surface area contributed by atoms with E-state index in [0.717, 1.165) is 18.5 Å². The van der Waals surface area contributed by atoms with Gasteiger partial charge in [0.25, 0.3) is 0 Å². The molecule has 0 unspecified atom stereocenters. The van der Waals surface area contributed by atoms with E-state index in [2.05, 4.69) is 15.9 Å². The molecule has 0 fully saturated rings. The van der Waals surface area contributed by atoms with E-state index in [1.165, 1.54) is 0 Å². The Labute approximate surface area is 66.5 Å². The topological polar surface area (TPSA) is 28.7 Å². The number of H-pyrrole nitrogens is 1. The maximum atomic E-state index is 5.06. The summed E-state index contributed by atoms with van der Waals surface area (Å²) in [6.45, 7) is 0. The van der Waals surface area contributed by atoms with Crippen LogP contribution in [0, 0.1) is 12.3 Å². The fraction of sp³-hybridized carbons (Fsp3) is 0.286. The van der Waals surface area contributed by atoms with Gasteiger partial charge in [0.05, 0.1) is 6.33 Å². The molecule has 0 bridgehead atoms. The number of terminal acetylenes is 1. The highest BCUT2D eigenvalue weighted by atomic mass is 35.5. The van der Waals surface area contributed by atoms with Crippen LogP contribution >= 0.6 is 12.4 Å². The van der Waals surface area contributed by atoms with Gasteiger partial charge in [-0.15, -0.1) is 24.8 Å². The van der Waals surface area contributed by atoms with Gasteiger partial charge in [-0.2, -0.15) is 0 Å². The van der Waals surface area contributed by atoms with E-state index < -0.39 is 0 Å². The van der Waals surface area contributed by atoms with Crippen LogP contribution in [0.25, 0.3) is 0 Å². The van der Waals surface area contributed by atoms with Crippen molar-refractivity contribution >= 4 is 12.4 Å². The Hall–Kier alpha value is -0.940. The highest BCUT2D eigenvalue weighted by Crippen LogP contribution is 1.94. The molecule has 0 aliphatic carbocycles. The third-order valence-corrected chi connectivity index (χ3v) is 1.09. The van der Waals surface area contributed by atoms with E-state index in [4.69, 9.17) is 6.42 Å². The maximum absolute atomic E-state index is 5.06. The number of aryl methyl sites for hydroxylation is 1. The minimum Gasteiger partial charge on any atom is -0.348 e. The largest absolute Gasteiger partial charge is 0.348 e. The summed E-state index contributed by atoms with van der Waals surface area (Å²) >= 11 is 0. The van der Waals surface area contributed by atoms with Crippen molar-refractivity contribution in [2.45, 2.75) is 12.8 Å². The number of hydrogen-bond donors (Lipinski definition) is 1. The number of nitrogens with one attached hydrogen (secondary N) is 1. The van der Waals surface area contributed by atoms with Gasteiger partial charge in [0.1, 0.15) is 0 Å². The molecule has 0 spiro atoms. The minimum absolute atomic E-state index is 0. The molecule has 0 amide bonds. The van der Waals surface area contributed by atoms with Crippen LogP contribution < -0.4 is 0 Å². The summed E-state index contributed by atoms with van der Waals surface area (Å²) in [5.74, 6) is 2.56. The third-order valence-electron chi connectivity index (χ3n) is 1.09. The predicted molar refractivity (Wildman–Crippen MR) is 43.0 cm³/mol. The second kappa shape index (κ2) is 4.89. The van der Waals surface area contributed by atoms with Crippen molar-refractivity contribution in [3.63, 3.8) is 0 Å². The number of aromatic nitrogens is 2. The summed E-state index contributed by atoms with van der Waals surface area (Å²) < 4.78 is 0. The third kappa shape index (κ3) is 2.56. The zero-order chi connectivity index (χ0) is 6.53. The summed E-state index contributed by atoms with van der Waals surface area (Å²) in [6.07, 6.45) is 10.2. The van der Waals surface area contributed by atoms with Gasteiger partial charge in [-0.3, -0.25) is 0 Å². The molecular formula is C7H9ClN2. The first kappa shape index (κ1) is 9.06. The van der Waals surface area contributed by atoms with E-state index in [-0.39, 0.29) is 12.4 Å². The SMILES string of the molecule is C#CCCc1cnc[nH]1.Cl. The first-order valence-electron chi connectivity index (χ1n) is 2.84. The summed E-state index contributed by atoms with van der Waals surface area (Å²) in [7, 11) is 0. The Morgan fingerprint density at radius 1 is 1.70 bits per heavy atom. The fourth-order valence-electron chi connectivity index (χ4n) is 0.628. The number of hydrogen-bond acceptors (Lipinski definition) is 1. The van der Waals surface area contributed by atoms with Crippen molar-refractivity contribution in [1.29, 1.82) is 0 Å². The van der Waals surface area contributed by atoms with E-state index in [1.807, 2.05) is 0 Å². The van der Waals surface area contributed by atoms with E-state index >= 15 is 0 Å². The number of halogens is 1. The molecule has 0 aliphatic rings. The molecule has 1 N–H and O–H groups in total. The Kier molecular flexibility index (Phi) is 4.43. The molecule has 0 saturated carbocycles. The van der Waals surface area contributed by atoms with Crippen LogP contribution in [0.3, 0.4) is 0 Å². The standard InChI is InChI=1S/C7H8N2.ClH/c1-2-3-4-7-5-8-6-9-7;/h1,5-6H,3-4H2,(H,8,9);1H. The van der Waals surface area contributed by atoms with Crippen molar-refractivity contribution in [2.24, 2.45) is 0 Å². The van der Waals surface area contributed by atoms with Gasteiger partial charge in [0, 0.05) is 18.3 Å². The van der Waals surface area contributed by atoms with Crippen molar-refractivity contribution < 1.29 is 0 Å². The minimum atomic E-state index is 0. The number of nitrogens with zero attached hydrogens (tertiary/aromatic N) is 1. The molecule has 10 heavy (non-hydrogen) atoms. The van der Waals surface area contributed by atoms with Crippen LogP contribution in [-0.4, -0.2) is 9.97 Å². The van der Waals surface area contributed by atoms with Gasteiger partial charge < -0.3 is 4.98 Å². The van der Waals surface area contributed by atoms with Gasteiger partial charge in [-0.1, -0.05) is 0 Å². The van der Waals surface area contributed by atoms with Gasteiger partial charge in [0.15, 0.2) is 0 Å². The van der Waals surface area contributed by atoms with Crippen LogP contribution in [0.1, 0.15) is 12.1 Å². The zero-order valence-corrected chi connectivity index (χ0v) is 6.32. The lowest BCUT2D eigenvalue weighted by atomic mass is 10.3. The predicted octanol–water partition coefficient (Wildman–Crippen LogP) is 1.40.